The van der Waals surface area contributed by atoms with Crippen LogP contribution in [0.15, 0.2) is 58.9 Å². The Morgan fingerprint density at radius 3 is 2.65 bits per heavy atom. The third-order valence-electron chi connectivity index (χ3n) is 3.59. The number of aryl methyl sites for hydroxylation is 1. The van der Waals surface area contributed by atoms with E-state index in [1.54, 1.807) is 11.3 Å². The first-order valence-electron chi connectivity index (χ1n) is 7.66. The van der Waals surface area contributed by atoms with E-state index in [9.17, 15) is 4.79 Å². The molecule has 1 aliphatic heterocycles. The van der Waals surface area contributed by atoms with Crippen LogP contribution >= 0.6 is 11.3 Å². The predicted octanol–water partition coefficient (Wildman–Crippen LogP) is 5.08. The van der Waals surface area contributed by atoms with E-state index in [0.717, 1.165) is 28.3 Å². The summed E-state index contributed by atoms with van der Waals surface area (Å²) >= 11 is 1.67. The van der Waals surface area contributed by atoms with E-state index < -0.39 is 0 Å². The van der Waals surface area contributed by atoms with Gasteiger partial charge in [0.25, 0.3) is 5.91 Å². The molecule has 0 atom stereocenters. The van der Waals surface area contributed by atoms with E-state index in [0.29, 0.717) is 5.57 Å². The quantitative estimate of drug-likeness (QED) is 0.548. The highest BCUT2D eigenvalue weighted by Crippen LogP contribution is 2.25. The Kier molecular flexibility index (Phi) is 5.50. The first-order chi connectivity index (χ1) is 11.0. The Hall–Kier alpha value is -2.20. The number of hydrogen-bond donors (Lipinski definition) is 0. The van der Waals surface area contributed by atoms with Crippen molar-refractivity contribution in [2.24, 2.45) is 5.10 Å². The summed E-state index contributed by atoms with van der Waals surface area (Å²) in [5.41, 5.74) is 3.16. The number of rotatable bonds is 5. The van der Waals surface area contributed by atoms with Crippen molar-refractivity contribution in [1.82, 2.24) is 5.01 Å². The maximum absolute atomic E-state index is 12.7. The lowest BCUT2D eigenvalue weighted by molar-refractivity contribution is -0.123. The largest absolute Gasteiger partial charge is 0.280 e. The lowest BCUT2D eigenvalue weighted by Gasteiger charge is -2.12. The molecule has 0 spiro atoms. The van der Waals surface area contributed by atoms with Crippen LogP contribution in [0.4, 0.5) is 0 Å². The average Bonchev–Trinajstić information content (AvgIpc) is 3.06. The second-order valence-electron chi connectivity index (χ2n) is 5.37. The van der Waals surface area contributed by atoms with E-state index in [-0.39, 0.29) is 5.91 Å². The molecule has 0 saturated heterocycles. The summed E-state index contributed by atoms with van der Waals surface area (Å²) in [6.45, 7) is 11.8. The van der Waals surface area contributed by atoms with Crippen molar-refractivity contribution in [2.75, 3.05) is 0 Å². The number of nitrogens with zero attached hydrogens (tertiary/aromatic N) is 2. The molecule has 0 bridgehead atoms. The molecule has 0 aromatic carbocycles. The highest BCUT2D eigenvalue weighted by molar-refractivity contribution is 7.12. The average molecular weight is 326 g/mol. The summed E-state index contributed by atoms with van der Waals surface area (Å²) in [5, 5.41) is 5.88. The van der Waals surface area contributed by atoms with Gasteiger partial charge in [0, 0.05) is 9.75 Å². The van der Waals surface area contributed by atoms with Crippen molar-refractivity contribution in [3.63, 3.8) is 0 Å². The van der Waals surface area contributed by atoms with Gasteiger partial charge in [0.15, 0.2) is 0 Å². The van der Waals surface area contributed by atoms with E-state index in [4.69, 9.17) is 0 Å². The first kappa shape index (κ1) is 17.2. The number of allylic oxidation sites excluding steroid dienone is 4. The summed E-state index contributed by atoms with van der Waals surface area (Å²) in [4.78, 5) is 15.0. The third-order valence-corrected chi connectivity index (χ3v) is 4.54. The van der Waals surface area contributed by atoms with Gasteiger partial charge in [-0.1, -0.05) is 31.2 Å². The van der Waals surface area contributed by atoms with Crippen molar-refractivity contribution >= 4 is 29.0 Å². The molecule has 23 heavy (non-hydrogen) atoms. The van der Waals surface area contributed by atoms with Gasteiger partial charge in [-0.05, 0) is 51.5 Å². The SMILES string of the molecule is C=C(C=CC(=CC)N1N=C(C)C(=Cc2ccc(C)s2)C1=O)CC. The van der Waals surface area contributed by atoms with Crippen LogP contribution in [0.25, 0.3) is 6.08 Å². The maximum Gasteiger partial charge on any atom is 0.280 e. The minimum absolute atomic E-state index is 0.0894. The van der Waals surface area contributed by atoms with Crippen LogP contribution in [0.2, 0.25) is 0 Å². The van der Waals surface area contributed by atoms with Crippen LogP contribution in [-0.2, 0) is 4.79 Å². The molecule has 1 amide bonds. The zero-order valence-corrected chi connectivity index (χ0v) is 14.9. The van der Waals surface area contributed by atoms with Crippen LogP contribution in [0.1, 0.15) is 36.9 Å². The Bertz CT molecular complexity index is 747. The molecule has 2 rings (SSSR count). The van der Waals surface area contributed by atoms with Gasteiger partial charge in [0.05, 0.1) is 17.0 Å². The number of carbonyl (C=O) groups is 1. The van der Waals surface area contributed by atoms with Gasteiger partial charge in [-0.25, -0.2) is 0 Å². The van der Waals surface area contributed by atoms with Gasteiger partial charge < -0.3 is 0 Å². The molecule has 1 aromatic rings. The predicted molar refractivity (Wildman–Crippen MR) is 99.3 cm³/mol. The highest BCUT2D eigenvalue weighted by atomic mass is 32.1. The first-order valence-corrected chi connectivity index (χ1v) is 8.48. The van der Waals surface area contributed by atoms with Crippen molar-refractivity contribution in [1.29, 1.82) is 0 Å². The van der Waals surface area contributed by atoms with Crippen LogP contribution in [0, 0.1) is 6.92 Å². The van der Waals surface area contributed by atoms with Gasteiger partial charge in [0.2, 0.25) is 0 Å². The lowest BCUT2D eigenvalue weighted by atomic mass is 10.1. The summed E-state index contributed by atoms with van der Waals surface area (Å²) < 4.78 is 0. The molecule has 0 fully saturated rings. The van der Waals surface area contributed by atoms with Crippen LogP contribution in [-0.4, -0.2) is 16.6 Å². The fourth-order valence-electron chi connectivity index (χ4n) is 2.14. The normalized spacial score (nSPS) is 17.5. The van der Waals surface area contributed by atoms with E-state index >= 15 is 0 Å². The van der Waals surface area contributed by atoms with Gasteiger partial charge in [-0.3, -0.25) is 4.79 Å². The molecule has 0 radical (unpaired) electrons. The van der Waals surface area contributed by atoms with Gasteiger partial charge >= 0.3 is 0 Å². The fraction of sp³-hybridized carbons (Fsp3) is 0.263. The molecule has 1 aromatic heterocycles. The molecule has 0 aliphatic carbocycles. The Morgan fingerprint density at radius 2 is 2.09 bits per heavy atom. The number of hydrogen-bond acceptors (Lipinski definition) is 3. The van der Waals surface area contributed by atoms with Gasteiger partial charge in [0.1, 0.15) is 0 Å². The van der Waals surface area contributed by atoms with Crippen LogP contribution in [0.5, 0.6) is 0 Å². The lowest BCUT2D eigenvalue weighted by Crippen LogP contribution is -2.20. The van der Waals surface area contributed by atoms with Crippen molar-refractivity contribution in [3.8, 4) is 0 Å². The minimum Gasteiger partial charge on any atom is -0.267 e. The van der Waals surface area contributed by atoms with Gasteiger partial charge in [-0.2, -0.15) is 10.1 Å². The second-order valence-corrected chi connectivity index (χ2v) is 6.69. The fourth-order valence-corrected chi connectivity index (χ4v) is 2.96. The molecule has 0 unspecified atom stereocenters. The third kappa shape index (κ3) is 3.96. The van der Waals surface area contributed by atoms with E-state index in [1.807, 2.05) is 44.2 Å². The number of amides is 1. The number of carbonyl (C=O) groups excluding carboxylic acids is 1. The van der Waals surface area contributed by atoms with Crippen molar-refractivity contribution < 1.29 is 4.79 Å². The monoisotopic (exact) mass is 326 g/mol. The molecule has 4 heteroatoms. The number of thiophene rings is 1. The van der Waals surface area contributed by atoms with E-state index in [2.05, 4.69) is 31.6 Å². The van der Waals surface area contributed by atoms with Gasteiger partial charge in [-0.15, -0.1) is 11.3 Å². The molecular formula is C19H22N2OS. The summed E-state index contributed by atoms with van der Waals surface area (Å²) in [6, 6.07) is 4.08. The maximum atomic E-state index is 12.7. The molecule has 2 heterocycles. The Balaban J connectivity index is 2.27. The van der Waals surface area contributed by atoms with Crippen molar-refractivity contribution in [3.05, 3.63) is 63.5 Å². The molecular weight excluding hydrogens is 304 g/mol. The Morgan fingerprint density at radius 1 is 1.35 bits per heavy atom. The second kappa shape index (κ2) is 7.38. The number of hydrazone groups is 1. The zero-order valence-electron chi connectivity index (χ0n) is 14.1. The zero-order chi connectivity index (χ0) is 17.0. The summed E-state index contributed by atoms with van der Waals surface area (Å²) in [6.07, 6.45) is 8.50. The van der Waals surface area contributed by atoms with Crippen LogP contribution in [0.3, 0.4) is 0 Å². The highest BCUT2D eigenvalue weighted by Gasteiger charge is 2.29. The topological polar surface area (TPSA) is 32.7 Å². The Labute approximate surface area is 142 Å². The molecule has 3 nitrogen and oxygen atoms in total. The smallest absolute Gasteiger partial charge is 0.267 e. The van der Waals surface area contributed by atoms with Crippen LogP contribution < -0.4 is 0 Å². The summed E-state index contributed by atoms with van der Waals surface area (Å²) in [7, 11) is 0. The molecule has 0 N–H and O–H groups in total. The van der Waals surface area contributed by atoms with Crippen molar-refractivity contribution in [2.45, 2.75) is 34.1 Å². The standard InChI is InChI=1S/C19H22N2OS/c1-6-13(3)8-10-16(7-2)21-19(22)18(15(5)20-21)12-17-11-9-14(4)23-17/h7-12H,3,6H2,1-2,4-5H3. The molecule has 0 saturated carbocycles. The molecule has 1 aliphatic rings. The molecule has 120 valence electrons. The minimum atomic E-state index is -0.0894. The summed E-state index contributed by atoms with van der Waals surface area (Å²) in [5.74, 6) is -0.0894. The van der Waals surface area contributed by atoms with E-state index in [1.165, 1.54) is 9.89 Å².